The average molecular weight is 403 g/mol. The van der Waals surface area contributed by atoms with Crippen LogP contribution in [-0.2, 0) is 4.74 Å². The molecule has 1 saturated heterocycles. The number of benzene rings is 1. The van der Waals surface area contributed by atoms with Crippen molar-refractivity contribution in [2.45, 2.75) is 44.2 Å². The van der Waals surface area contributed by atoms with E-state index in [2.05, 4.69) is 33.3 Å². The molecule has 3 nitrogen and oxygen atoms in total. The summed E-state index contributed by atoms with van der Waals surface area (Å²) in [5.41, 5.74) is 2.60. The molecule has 0 spiro atoms. The van der Waals surface area contributed by atoms with Crippen molar-refractivity contribution in [3.8, 4) is 0 Å². The molecule has 1 aliphatic heterocycles. The fourth-order valence-corrected chi connectivity index (χ4v) is 3.93. The van der Waals surface area contributed by atoms with Crippen LogP contribution in [0.15, 0.2) is 12.1 Å². The first kappa shape index (κ1) is 13.3. The molecule has 106 valence electrons. The van der Waals surface area contributed by atoms with Crippen LogP contribution in [0.2, 0.25) is 5.02 Å². The fraction of sp³-hybridized carbons (Fsp3) is 0.533. The molecule has 2 fully saturated rings. The van der Waals surface area contributed by atoms with Crippen molar-refractivity contribution in [1.82, 2.24) is 9.78 Å². The van der Waals surface area contributed by atoms with Gasteiger partial charge in [0.15, 0.2) is 6.23 Å². The van der Waals surface area contributed by atoms with Gasteiger partial charge in [-0.25, -0.2) is 4.68 Å². The summed E-state index contributed by atoms with van der Waals surface area (Å²) in [6, 6.07) is 4.16. The molecule has 1 aromatic heterocycles. The second-order valence-electron chi connectivity index (χ2n) is 5.72. The zero-order valence-electron chi connectivity index (χ0n) is 11.1. The second-order valence-corrected chi connectivity index (χ2v) is 7.18. The van der Waals surface area contributed by atoms with Crippen molar-refractivity contribution < 1.29 is 4.74 Å². The predicted octanol–water partition coefficient (Wildman–Crippen LogP) is 4.87. The molecule has 0 amide bonds. The first-order valence-electron chi connectivity index (χ1n) is 7.23. The summed E-state index contributed by atoms with van der Waals surface area (Å²) in [5, 5.41) is 6.74. The molecule has 2 aromatic rings. The highest BCUT2D eigenvalue weighted by molar-refractivity contribution is 14.1. The Morgan fingerprint density at radius 1 is 1.25 bits per heavy atom. The third kappa shape index (κ3) is 2.25. The Morgan fingerprint density at radius 2 is 2.10 bits per heavy atom. The highest BCUT2D eigenvalue weighted by atomic mass is 127. The van der Waals surface area contributed by atoms with Crippen molar-refractivity contribution in [2.75, 3.05) is 6.61 Å². The Bertz CT molecular complexity index is 659. The largest absolute Gasteiger partial charge is 0.356 e. The maximum atomic E-state index is 6.29. The Labute approximate surface area is 136 Å². The summed E-state index contributed by atoms with van der Waals surface area (Å²) in [6.07, 6.45) is 6.06. The number of ether oxygens (including phenoxy) is 1. The number of hydrogen-bond donors (Lipinski definition) is 0. The topological polar surface area (TPSA) is 27.1 Å². The van der Waals surface area contributed by atoms with Crippen LogP contribution in [0.1, 0.15) is 49.8 Å². The second kappa shape index (κ2) is 5.14. The molecule has 0 bridgehead atoms. The summed E-state index contributed by atoms with van der Waals surface area (Å²) in [4.78, 5) is 0. The summed E-state index contributed by atoms with van der Waals surface area (Å²) >= 11 is 8.60. The van der Waals surface area contributed by atoms with E-state index in [9.17, 15) is 0 Å². The summed E-state index contributed by atoms with van der Waals surface area (Å²) in [5.74, 6) is 0.658. The van der Waals surface area contributed by atoms with Crippen molar-refractivity contribution in [3.63, 3.8) is 0 Å². The van der Waals surface area contributed by atoms with Crippen molar-refractivity contribution in [2.24, 2.45) is 0 Å². The highest BCUT2D eigenvalue weighted by Crippen LogP contribution is 2.45. The van der Waals surface area contributed by atoms with Crippen LogP contribution in [0.4, 0.5) is 0 Å². The normalized spacial score (nSPS) is 23.4. The molecule has 1 aliphatic carbocycles. The Hall–Kier alpha value is -0.330. The van der Waals surface area contributed by atoms with Crippen molar-refractivity contribution >= 4 is 45.1 Å². The predicted molar refractivity (Wildman–Crippen MR) is 88.3 cm³/mol. The molecular weight excluding hydrogens is 387 g/mol. The van der Waals surface area contributed by atoms with Gasteiger partial charge in [0.1, 0.15) is 3.70 Å². The lowest BCUT2D eigenvalue weighted by molar-refractivity contribution is -0.0369. The number of hydrogen-bond acceptors (Lipinski definition) is 2. The van der Waals surface area contributed by atoms with E-state index in [0.29, 0.717) is 5.92 Å². The average Bonchev–Trinajstić information content (AvgIpc) is 3.25. The Balaban J connectivity index is 1.91. The van der Waals surface area contributed by atoms with Gasteiger partial charge in [-0.05, 0) is 78.3 Å². The summed E-state index contributed by atoms with van der Waals surface area (Å²) in [7, 11) is 0. The van der Waals surface area contributed by atoms with Crippen LogP contribution in [0.25, 0.3) is 10.9 Å². The fourth-order valence-electron chi connectivity index (χ4n) is 3.06. The molecular formula is C15H16ClIN2O. The van der Waals surface area contributed by atoms with Gasteiger partial charge in [-0.15, -0.1) is 0 Å². The lowest BCUT2D eigenvalue weighted by atomic mass is 10.1. The maximum Gasteiger partial charge on any atom is 0.150 e. The van der Waals surface area contributed by atoms with Gasteiger partial charge in [0.25, 0.3) is 0 Å². The molecule has 1 atom stereocenters. The molecule has 1 aromatic carbocycles. The molecule has 0 radical (unpaired) electrons. The standard InChI is InChI=1S/C15H16ClIN2O/c16-10-7-11(9-4-5-9)14-12(8-10)15(17)18-19(14)13-3-1-2-6-20-13/h7-9,13H,1-6H2. The van der Waals surface area contributed by atoms with Crippen LogP contribution in [0.5, 0.6) is 0 Å². The van der Waals surface area contributed by atoms with Gasteiger partial charge in [-0.3, -0.25) is 0 Å². The van der Waals surface area contributed by atoms with E-state index in [1.165, 1.54) is 35.7 Å². The smallest absolute Gasteiger partial charge is 0.150 e. The van der Waals surface area contributed by atoms with E-state index < -0.39 is 0 Å². The van der Waals surface area contributed by atoms with Crippen LogP contribution < -0.4 is 0 Å². The Morgan fingerprint density at radius 3 is 2.80 bits per heavy atom. The molecule has 4 rings (SSSR count). The third-order valence-corrected chi connectivity index (χ3v) is 5.21. The highest BCUT2D eigenvalue weighted by Gasteiger charge is 2.30. The van der Waals surface area contributed by atoms with Gasteiger partial charge >= 0.3 is 0 Å². The maximum absolute atomic E-state index is 6.29. The minimum absolute atomic E-state index is 0.0911. The van der Waals surface area contributed by atoms with Gasteiger partial charge < -0.3 is 4.74 Å². The molecule has 20 heavy (non-hydrogen) atoms. The van der Waals surface area contributed by atoms with Gasteiger partial charge in [-0.2, -0.15) is 5.10 Å². The summed E-state index contributed by atoms with van der Waals surface area (Å²) < 4.78 is 9.07. The summed E-state index contributed by atoms with van der Waals surface area (Å²) in [6.45, 7) is 0.842. The molecule has 1 saturated carbocycles. The van der Waals surface area contributed by atoms with Crippen molar-refractivity contribution in [3.05, 3.63) is 26.4 Å². The van der Waals surface area contributed by atoms with Gasteiger partial charge in [0.05, 0.1) is 5.52 Å². The van der Waals surface area contributed by atoms with Gasteiger partial charge in [-0.1, -0.05) is 11.6 Å². The van der Waals surface area contributed by atoms with Gasteiger partial charge in [0.2, 0.25) is 0 Å². The molecule has 5 heteroatoms. The zero-order valence-corrected chi connectivity index (χ0v) is 14.0. The van der Waals surface area contributed by atoms with E-state index in [1.54, 1.807) is 0 Å². The number of aromatic nitrogens is 2. The van der Waals surface area contributed by atoms with Gasteiger partial charge in [0, 0.05) is 17.0 Å². The lowest BCUT2D eigenvalue weighted by Crippen LogP contribution is -2.19. The Kier molecular flexibility index (Phi) is 3.43. The molecule has 0 N–H and O–H groups in total. The van der Waals surface area contributed by atoms with Crippen LogP contribution in [0, 0.1) is 3.70 Å². The molecule has 1 unspecified atom stereocenters. The third-order valence-electron chi connectivity index (χ3n) is 4.20. The quantitative estimate of drug-likeness (QED) is 0.670. The van der Waals surface area contributed by atoms with Crippen molar-refractivity contribution in [1.29, 1.82) is 0 Å². The van der Waals surface area contributed by atoms with Crippen LogP contribution >= 0.6 is 34.2 Å². The number of halogens is 2. The number of rotatable bonds is 2. The first-order valence-corrected chi connectivity index (χ1v) is 8.68. The van der Waals surface area contributed by atoms with E-state index >= 15 is 0 Å². The van der Waals surface area contributed by atoms with Crippen LogP contribution in [-0.4, -0.2) is 16.4 Å². The SMILES string of the molecule is Clc1cc(C2CC2)c2c(c1)c(I)nn2C1CCCCO1. The van der Waals surface area contributed by atoms with E-state index in [4.69, 9.17) is 21.4 Å². The van der Waals surface area contributed by atoms with Crippen LogP contribution in [0.3, 0.4) is 0 Å². The zero-order chi connectivity index (χ0) is 13.7. The monoisotopic (exact) mass is 402 g/mol. The first-order chi connectivity index (χ1) is 9.74. The number of fused-ring (bicyclic) bond motifs is 1. The lowest BCUT2D eigenvalue weighted by Gasteiger charge is -2.24. The molecule has 2 heterocycles. The minimum Gasteiger partial charge on any atom is -0.356 e. The van der Waals surface area contributed by atoms with E-state index in [0.717, 1.165) is 28.2 Å². The molecule has 2 aliphatic rings. The van der Waals surface area contributed by atoms with E-state index in [1.807, 2.05) is 6.07 Å². The van der Waals surface area contributed by atoms with E-state index in [-0.39, 0.29) is 6.23 Å². The minimum atomic E-state index is 0.0911. The number of nitrogens with zero attached hydrogens (tertiary/aromatic N) is 2.